The molecule has 1 amide bonds. The maximum Gasteiger partial charge on any atom is 0.273 e. The van der Waals surface area contributed by atoms with Crippen LogP contribution in [0.2, 0.25) is 0 Å². The number of likely N-dealkylation sites (tertiary alicyclic amines) is 1. The summed E-state index contributed by atoms with van der Waals surface area (Å²) in [6.07, 6.45) is 2.22. The fourth-order valence-corrected chi connectivity index (χ4v) is 4.15. The van der Waals surface area contributed by atoms with Crippen LogP contribution in [0.15, 0.2) is 5.38 Å². The van der Waals surface area contributed by atoms with Crippen molar-refractivity contribution in [2.24, 2.45) is 5.41 Å². The molecule has 5 nitrogen and oxygen atoms in total. The van der Waals surface area contributed by atoms with E-state index in [1.165, 1.54) is 11.3 Å². The van der Waals surface area contributed by atoms with Gasteiger partial charge in [-0.2, -0.15) is 0 Å². The Balaban J connectivity index is 1.63. The molecule has 1 aromatic rings. The van der Waals surface area contributed by atoms with Crippen molar-refractivity contribution < 1.29 is 14.6 Å². The SMILES string of the molecule is CCO[C@@H]1C[C@@H](O)C12CCN(C(=O)c1csc(C)n1)CC2. The Bertz CT molecular complexity index is 521. The second-order valence-electron chi connectivity index (χ2n) is 5.97. The van der Waals surface area contributed by atoms with Gasteiger partial charge in [0.25, 0.3) is 5.91 Å². The summed E-state index contributed by atoms with van der Waals surface area (Å²) < 4.78 is 5.75. The van der Waals surface area contributed by atoms with E-state index in [9.17, 15) is 9.90 Å². The van der Waals surface area contributed by atoms with Gasteiger partial charge in [-0.25, -0.2) is 4.98 Å². The first-order chi connectivity index (χ1) is 10.1. The molecule has 6 heteroatoms. The van der Waals surface area contributed by atoms with Gasteiger partial charge in [0.15, 0.2) is 0 Å². The maximum absolute atomic E-state index is 12.4. The smallest absolute Gasteiger partial charge is 0.273 e. The average Bonchev–Trinajstić information content (AvgIpc) is 2.93. The minimum absolute atomic E-state index is 0.0102. The molecule has 2 atom stereocenters. The number of nitrogens with zero attached hydrogens (tertiary/aromatic N) is 2. The van der Waals surface area contributed by atoms with Gasteiger partial charge in [-0.3, -0.25) is 4.79 Å². The van der Waals surface area contributed by atoms with Gasteiger partial charge in [0.1, 0.15) is 5.69 Å². The maximum atomic E-state index is 12.4. The van der Waals surface area contributed by atoms with Crippen LogP contribution in [0.5, 0.6) is 0 Å². The fourth-order valence-electron chi connectivity index (χ4n) is 3.57. The molecule has 1 aliphatic heterocycles. The summed E-state index contributed by atoms with van der Waals surface area (Å²) in [5, 5.41) is 12.9. The average molecular weight is 310 g/mol. The largest absolute Gasteiger partial charge is 0.392 e. The first-order valence-corrected chi connectivity index (χ1v) is 8.46. The lowest BCUT2D eigenvalue weighted by Gasteiger charge is -2.56. The summed E-state index contributed by atoms with van der Waals surface area (Å²) in [6, 6.07) is 0. The van der Waals surface area contributed by atoms with Crippen LogP contribution in [0.3, 0.4) is 0 Å². The molecule has 2 heterocycles. The molecule has 1 aliphatic carbocycles. The van der Waals surface area contributed by atoms with E-state index in [4.69, 9.17) is 4.74 Å². The van der Waals surface area contributed by atoms with Crippen LogP contribution in [0, 0.1) is 12.3 Å². The van der Waals surface area contributed by atoms with E-state index in [1.807, 2.05) is 24.1 Å². The monoisotopic (exact) mass is 310 g/mol. The lowest BCUT2D eigenvalue weighted by molar-refractivity contribution is -0.207. The number of hydrogen-bond acceptors (Lipinski definition) is 5. The molecule has 0 radical (unpaired) electrons. The van der Waals surface area contributed by atoms with Gasteiger partial charge in [-0.1, -0.05) is 0 Å². The van der Waals surface area contributed by atoms with Gasteiger partial charge >= 0.3 is 0 Å². The Morgan fingerprint density at radius 1 is 1.57 bits per heavy atom. The molecular weight excluding hydrogens is 288 g/mol. The Morgan fingerprint density at radius 3 is 2.81 bits per heavy atom. The predicted molar refractivity (Wildman–Crippen MR) is 80.5 cm³/mol. The third-order valence-electron chi connectivity index (χ3n) is 4.93. The predicted octanol–water partition coefficient (Wildman–Crippen LogP) is 1.84. The third kappa shape index (κ3) is 2.49. The van der Waals surface area contributed by atoms with Crippen LogP contribution in [0.4, 0.5) is 0 Å². The van der Waals surface area contributed by atoms with Gasteiger partial charge < -0.3 is 14.7 Å². The molecule has 1 saturated carbocycles. The summed E-state index contributed by atoms with van der Waals surface area (Å²) in [5.41, 5.74) is 0.411. The van der Waals surface area contributed by atoms with Crippen LogP contribution in [0.1, 0.15) is 41.7 Å². The lowest BCUT2D eigenvalue weighted by atomic mass is 9.58. The molecule has 1 aromatic heterocycles. The number of aliphatic hydroxyl groups is 1. The van der Waals surface area contributed by atoms with E-state index < -0.39 is 0 Å². The van der Waals surface area contributed by atoms with Crippen LogP contribution >= 0.6 is 11.3 Å². The number of aryl methyl sites for hydroxylation is 1. The van der Waals surface area contributed by atoms with Gasteiger partial charge in [-0.05, 0) is 26.7 Å². The highest BCUT2D eigenvalue weighted by Gasteiger charge is 2.56. The number of amides is 1. The molecule has 2 fully saturated rings. The van der Waals surface area contributed by atoms with Crippen molar-refractivity contribution in [3.63, 3.8) is 0 Å². The zero-order valence-electron chi connectivity index (χ0n) is 12.5. The van der Waals surface area contributed by atoms with E-state index >= 15 is 0 Å². The van der Waals surface area contributed by atoms with E-state index in [1.54, 1.807) is 0 Å². The number of aliphatic hydroxyl groups excluding tert-OH is 1. The van der Waals surface area contributed by atoms with Crippen molar-refractivity contribution in [3.05, 3.63) is 16.1 Å². The number of aromatic nitrogens is 1. The van der Waals surface area contributed by atoms with Crippen LogP contribution in [-0.2, 0) is 4.74 Å². The second kappa shape index (κ2) is 5.66. The second-order valence-corrected chi connectivity index (χ2v) is 7.03. The van der Waals surface area contributed by atoms with Crippen LogP contribution < -0.4 is 0 Å². The zero-order valence-corrected chi connectivity index (χ0v) is 13.4. The molecule has 1 saturated heterocycles. The minimum atomic E-state index is -0.284. The van der Waals surface area contributed by atoms with Gasteiger partial charge in [0, 0.05) is 36.9 Å². The van der Waals surface area contributed by atoms with E-state index in [0.29, 0.717) is 25.4 Å². The number of thiazole rings is 1. The van der Waals surface area contributed by atoms with Crippen molar-refractivity contribution in [2.75, 3.05) is 19.7 Å². The van der Waals surface area contributed by atoms with Crippen molar-refractivity contribution in [1.82, 2.24) is 9.88 Å². The number of piperidine rings is 1. The van der Waals surface area contributed by atoms with Crippen molar-refractivity contribution in [2.45, 2.75) is 45.3 Å². The first-order valence-electron chi connectivity index (χ1n) is 7.58. The normalized spacial score (nSPS) is 27.7. The topological polar surface area (TPSA) is 62.7 Å². The van der Waals surface area contributed by atoms with Crippen LogP contribution in [-0.4, -0.2) is 52.8 Å². The van der Waals surface area contributed by atoms with Crippen molar-refractivity contribution in [1.29, 1.82) is 0 Å². The molecular formula is C15H22N2O3S. The number of hydrogen-bond donors (Lipinski definition) is 1. The number of ether oxygens (including phenoxy) is 1. The third-order valence-corrected chi connectivity index (χ3v) is 5.70. The van der Waals surface area contributed by atoms with E-state index in [-0.39, 0.29) is 23.5 Å². The van der Waals surface area contributed by atoms with Gasteiger partial charge in [0.05, 0.1) is 17.2 Å². The molecule has 2 aliphatic rings. The first kappa shape index (κ1) is 14.9. The molecule has 3 rings (SSSR count). The number of rotatable bonds is 3. The molecule has 0 aromatic carbocycles. The summed E-state index contributed by atoms with van der Waals surface area (Å²) in [6.45, 7) is 5.93. The van der Waals surface area contributed by atoms with Gasteiger partial charge in [0.2, 0.25) is 0 Å². The highest BCUT2D eigenvalue weighted by Crippen LogP contribution is 2.51. The van der Waals surface area contributed by atoms with Crippen LogP contribution in [0.25, 0.3) is 0 Å². The lowest BCUT2D eigenvalue weighted by Crippen LogP contribution is -2.62. The molecule has 0 bridgehead atoms. The fraction of sp³-hybridized carbons (Fsp3) is 0.733. The molecule has 116 valence electrons. The molecule has 1 spiro atoms. The number of carbonyl (C=O) groups is 1. The molecule has 21 heavy (non-hydrogen) atoms. The standard InChI is InChI=1S/C15H22N2O3S/c1-3-20-13-8-12(18)15(13)4-6-17(7-5-15)14(19)11-9-21-10(2)16-11/h9,12-13,18H,3-8H2,1-2H3/t12-,13-/m1/s1. The summed E-state index contributed by atoms with van der Waals surface area (Å²) in [7, 11) is 0. The zero-order chi connectivity index (χ0) is 15.0. The van der Waals surface area contributed by atoms with E-state index in [0.717, 1.165) is 24.3 Å². The Kier molecular flexibility index (Phi) is 4.03. The Morgan fingerprint density at radius 2 is 2.29 bits per heavy atom. The Hall–Kier alpha value is -0.980. The molecule has 1 N–H and O–H groups in total. The summed E-state index contributed by atoms with van der Waals surface area (Å²) in [4.78, 5) is 18.5. The van der Waals surface area contributed by atoms with Gasteiger partial charge in [-0.15, -0.1) is 11.3 Å². The van der Waals surface area contributed by atoms with Crippen molar-refractivity contribution >= 4 is 17.2 Å². The van der Waals surface area contributed by atoms with Crippen molar-refractivity contribution in [3.8, 4) is 0 Å². The number of carbonyl (C=O) groups excluding carboxylic acids is 1. The summed E-state index contributed by atoms with van der Waals surface area (Å²) >= 11 is 1.50. The molecule has 0 unspecified atom stereocenters. The minimum Gasteiger partial charge on any atom is -0.392 e. The quantitative estimate of drug-likeness (QED) is 0.925. The highest BCUT2D eigenvalue weighted by molar-refractivity contribution is 7.09. The summed E-state index contributed by atoms with van der Waals surface area (Å²) in [5.74, 6) is 0.0102. The Labute approximate surface area is 128 Å². The highest BCUT2D eigenvalue weighted by atomic mass is 32.1. The van der Waals surface area contributed by atoms with E-state index in [2.05, 4.69) is 4.98 Å².